The van der Waals surface area contributed by atoms with E-state index in [1.54, 1.807) is 12.4 Å². The zero-order chi connectivity index (χ0) is 15.6. The summed E-state index contributed by atoms with van der Waals surface area (Å²) in [4.78, 5) is 22.2. The smallest absolute Gasteiger partial charge is 0.227 e. The third-order valence-corrected chi connectivity index (χ3v) is 4.68. The van der Waals surface area contributed by atoms with E-state index in [9.17, 15) is 4.79 Å². The average molecular weight is 305 g/mol. The molecule has 116 valence electrons. The van der Waals surface area contributed by atoms with Crippen molar-refractivity contribution in [3.05, 3.63) is 66.1 Å². The van der Waals surface area contributed by atoms with Crippen molar-refractivity contribution in [1.82, 2.24) is 14.9 Å². The van der Waals surface area contributed by atoms with Crippen molar-refractivity contribution >= 4 is 16.8 Å². The Hall–Kier alpha value is -2.62. The highest BCUT2D eigenvalue weighted by Gasteiger charge is 2.30. The Morgan fingerprint density at radius 2 is 2.04 bits per heavy atom. The van der Waals surface area contributed by atoms with Crippen LogP contribution in [0.1, 0.15) is 30.0 Å². The lowest BCUT2D eigenvalue weighted by molar-refractivity contribution is -0.131. The molecule has 1 unspecified atom stereocenters. The van der Waals surface area contributed by atoms with Crippen LogP contribution in [0, 0.1) is 0 Å². The molecule has 4 heteroatoms. The number of hydrogen-bond acceptors (Lipinski definition) is 2. The third-order valence-electron chi connectivity index (χ3n) is 4.68. The third kappa shape index (κ3) is 2.61. The quantitative estimate of drug-likeness (QED) is 0.805. The highest BCUT2D eigenvalue weighted by Crippen LogP contribution is 2.32. The summed E-state index contributed by atoms with van der Waals surface area (Å²) in [5.74, 6) is 0.203. The maximum atomic E-state index is 12.8. The second kappa shape index (κ2) is 5.88. The minimum Gasteiger partial charge on any atom is -0.361 e. The molecule has 23 heavy (non-hydrogen) atoms. The van der Waals surface area contributed by atoms with Crippen LogP contribution in [-0.2, 0) is 11.2 Å². The van der Waals surface area contributed by atoms with Crippen molar-refractivity contribution in [2.45, 2.75) is 25.3 Å². The molecule has 1 aromatic carbocycles. The summed E-state index contributed by atoms with van der Waals surface area (Å²) in [6.07, 6.45) is 8.11. The van der Waals surface area contributed by atoms with E-state index in [0.717, 1.165) is 35.9 Å². The predicted molar refractivity (Wildman–Crippen MR) is 89.9 cm³/mol. The molecule has 1 N–H and O–H groups in total. The van der Waals surface area contributed by atoms with Gasteiger partial charge >= 0.3 is 0 Å². The Balaban J connectivity index is 1.56. The lowest BCUT2D eigenvalue weighted by Gasteiger charge is -2.25. The number of likely N-dealkylation sites (tertiary alicyclic amines) is 1. The molecule has 1 aliphatic rings. The molecule has 4 nitrogen and oxygen atoms in total. The van der Waals surface area contributed by atoms with Gasteiger partial charge in [0, 0.05) is 36.0 Å². The van der Waals surface area contributed by atoms with Gasteiger partial charge in [0.25, 0.3) is 0 Å². The van der Waals surface area contributed by atoms with Crippen LogP contribution in [0.3, 0.4) is 0 Å². The van der Waals surface area contributed by atoms with E-state index in [-0.39, 0.29) is 11.9 Å². The topological polar surface area (TPSA) is 49.0 Å². The summed E-state index contributed by atoms with van der Waals surface area (Å²) >= 11 is 0. The van der Waals surface area contributed by atoms with Crippen molar-refractivity contribution in [2.24, 2.45) is 0 Å². The molecule has 1 fully saturated rings. The van der Waals surface area contributed by atoms with Crippen molar-refractivity contribution in [2.75, 3.05) is 6.54 Å². The van der Waals surface area contributed by atoms with E-state index in [1.807, 2.05) is 41.4 Å². The van der Waals surface area contributed by atoms with Gasteiger partial charge in [-0.2, -0.15) is 0 Å². The molecular formula is C19H19N3O. The number of carbonyl (C=O) groups excluding carboxylic acids is 1. The summed E-state index contributed by atoms with van der Waals surface area (Å²) in [5.41, 5.74) is 3.35. The molecule has 4 rings (SSSR count). The fraction of sp³-hybridized carbons (Fsp3) is 0.263. The largest absolute Gasteiger partial charge is 0.361 e. The first-order chi connectivity index (χ1) is 11.3. The molecule has 2 aromatic heterocycles. The summed E-state index contributed by atoms with van der Waals surface area (Å²) < 4.78 is 0. The normalized spacial score (nSPS) is 17.7. The van der Waals surface area contributed by atoms with Crippen molar-refractivity contribution < 1.29 is 4.79 Å². The molecule has 0 aliphatic carbocycles. The zero-order valence-electron chi connectivity index (χ0n) is 12.9. The van der Waals surface area contributed by atoms with Crippen molar-refractivity contribution in [3.63, 3.8) is 0 Å². The summed E-state index contributed by atoms with van der Waals surface area (Å²) in [6, 6.07) is 12.3. The number of hydrogen-bond donors (Lipinski definition) is 1. The SMILES string of the molecule is O=C(Cc1c[nH]c2ccccc12)N1CCCC1c1ccncc1. The molecule has 0 saturated carbocycles. The van der Waals surface area contributed by atoms with Gasteiger partial charge < -0.3 is 9.88 Å². The van der Waals surface area contributed by atoms with Gasteiger partial charge in [0.05, 0.1) is 12.5 Å². The molecule has 3 heterocycles. The van der Waals surface area contributed by atoms with Gasteiger partial charge in [-0.1, -0.05) is 18.2 Å². The van der Waals surface area contributed by atoms with Gasteiger partial charge in [-0.3, -0.25) is 9.78 Å². The van der Waals surface area contributed by atoms with Crippen LogP contribution in [0.2, 0.25) is 0 Å². The van der Waals surface area contributed by atoms with E-state index >= 15 is 0 Å². The van der Waals surface area contributed by atoms with Crippen LogP contribution in [-0.4, -0.2) is 27.3 Å². The summed E-state index contributed by atoms with van der Waals surface area (Å²) in [5, 5.41) is 1.14. The van der Waals surface area contributed by atoms with E-state index in [4.69, 9.17) is 0 Å². The molecule has 1 saturated heterocycles. The molecule has 0 bridgehead atoms. The Morgan fingerprint density at radius 3 is 2.91 bits per heavy atom. The number of H-pyrrole nitrogens is 1. The van der Waals surface area contributed by atoms with Crippen LogP contribution in [0.4, 0.5) is 0 Å². The van der Waals surface area contributed by atoms with E-state index in [0.29, 0.717) is 6.42 Å². The second-order valence-electron chi connectivity index (χ2n) is 6.06. The Morgan fingerprint density at radius 1 is 1.22 bits per heavy atom. The van der Waals surface area contributed by atoms with Gasteiger partial charge in [0.1, 0.15) is 0 Å². The Labute approximate surface area is 135 Å². The number of aromatic nitrogens is 2. The number of fused-ring (bicyclic) bond motifs is 1. The number of para-hydroxylation sites is 1. The van der Waals surface area contributed by atoms with Gasteiger partial charge in [-0.25, -0.2) is 0 Å². The fourth-order valence-corrected chi connectivity index (χ4v) is 3.54. The number of pyridine rings is 1. The lowest BCUT2D eigenvalue weighted by Crippen LogP contribution is -2.31. The van der Waals surface area contributed by atoms with Crippen molar-refractivity contribution in [1.29, 1.82) is 0 Å². The number of amides is 1. The van der Waals surface area contributed by atoms with E-state index in [1.165, 1.54) is 5.56 Å². The van der Waals surface area contributed by atoms with Gasteiger partial charge in [0.15, 0.2) is 0 Å². The van der Waals surface area contributed by atoms with Gasteiger partial charge in [0.2, 0.25) is 5.91 Å². The molecule has 0 radical (unpaired) electrons. The van der Waals surface area contributed by atoms with E-state index < -0.39 is 0 Å². The first-order valence-corrected chi connectivity index (χ1v) is 8.07. The second-order valence-corrected chi connectivity index (χ2v) is 6.06. The number of carbonyl (C=O) groups is 1. The number of benzene rings is 1. The summed E-state index contributed by atoms with van der Waals surface area (Å²) in [6.45, 7) is 0.841. The molecule has 3 aromatic rings. The highest BCUT2D eigenvalue weighted by atomic mass is 16.2. The first kappa shape index (κ1) is 14.0. The molecule has 1 aliphatic heterocycles. The molecule has 1 amide bonds. The first-order valence-electron chi connectivity index (χ1n) is 8.07. The van der Waals surface area contributed by atoms with E-state index in [2.05, 4.69) is 16.0 Å². The average Bonchev–Trinajstić information content (AvgIpc) is 3.23. The molecule has 1 atom stereocenters. The molecular weight excluding hydrogens is 286 g/mol. The summed E-state index contributed by atoms with van der Waals surface area (Å²) in [7, 11) is 0. The fourth-order valence-electron chi connectivity index (χ4n) is 3.54. The minimum absolute atomic E-state index is 0.190. The van der Waals surface area contributed by atoms with Crippen LogP contribution < -0.4 is 0 Å². The Bertz CT molecular complexity index is 825. The van der Waals surface area contributed by atoms with Crippen LogP contribution in [0.15, 0.2) is 55.0 Å². The predicted octanol–water partition coefficient (Wildman–Crippen LogP) is 3.47. The van der Waals surface area contributed by atoms with Crippen LogP contribution in [0.5, 0.6) is 0 Å². The number of nitrogens with one attached hydrogen (secondary N) is 1. The molecule has 0 spiro atoms. The minimum atomic E-state index is 0.190. The Kier molecular flexibility index (Phi) is 3.58. The standard InChI is InChI=1S/C19H19N3O/c23-19(12-15-13-21-17-5-2-1-4-16(15)17)22-11-3-6-18(22)14-7-9-20-10-8-14/h1-2,4-5,7-10,13,18,21H,3,6,11-12H2. The van der Waals surface area contributed by atoms with Crippen molar-refractivity contribution in [3.8, 4) is 0 Å². The van der Waals surface area contributed by atoms with Gasteiger partial charge in [-0.15, -0.1) is 0 Å². The number of nitrogens with zero attached hydrogens (tertiary/aromatic N) is 2. The number of aromatic amines is 1. The highest BCUT2D eigenvalue weighted by molar-refractivity contribution is 5.89. The van der Waals surface area contributed by atoms with Crippen LogP contribution >= 0.6 is 0 Å². The van der Waals surface area contributed by atoms with Crippen LogP contribution in [0.25, 0.3) is 10.9 Å². The zero-order valence-corrected chi connectivity index (χ0v) is 12.9. The van der Waals surface area contributed by atoms with Gasteiger partial charge in [-0.05, 0) is 42.2 Å². The lowest BCUT2D eigenvalue weighted by atomic mass is 10.1. The monoisotopic (exact) mass is 305 g/mol. The maximum Gasteiger partial charge on any atom is 0.227 e. The maximum absolute atomic E-state index is 12.8. The number of rotatable bonds is 3.